The van der Waals surface area contributed by atoms with Gasteiger partial charge in [0, 0.05) is 19.0 Å². The van der Waals surface area contributed by atoms with Crippen LogP contribution in [0.4, 0.5) is 0 Å². The molecule has 0 aliphatic carbocycles. The van der Waals surface area contributed by atoms with Crippen molar-refractivity contribution in [3.8, 4) is 5.75 Å². The Kier molecular flexibility index (Phi) is 3.91. The van der Waals surface area contributed by atoms with Gasteiger partial charge in [0.25, 0.3) is 0 Å². The number of carbonyl (C=O) groups is 1. The summed E-state index contributed by atoms with van der Waals surface area (Å²) in [6.45, 7) is 1.59. The van der Waals surface area contributed by atoms with E-state index in [4.69, 9.17) is 0 Å². The number of phenols is 1. The zero-order valence-corrected chi connectivity index (χ0v) is 11.9. The van der Waals surface area contributed by atoms with Crippen LogP contribution in [0.2, 0.25) is 0 Å². The van der Waals surface area contributed by atoms with Gasteiger partial charge in [-0.05, 0) is 29.7 Å². The highest BCUT2D eigenvalue weighted by atomic mass is 16.3. The fourth-order valence-corrected chi connectivity index (χ4v) is 2.89. The molecule has 2 aromatic rings. The molecule has 1 saturated heterocycles. The average Bonchev–Trinajstić information content (AvgIpc) is 2.99. The van der Waals surface area contributed by atoms with Gasteiger partial charge in [0.05, 0.1) is 6.42 Å². The van der Waals surface area contributed by atoms with E-state index in [9.17, 15) is 9.90 Å². The normalized spacial score (nSPS) is 17.9. The number of phenolic OH excluding ortho intramolecular Hbond substituents is 1. The van der Waals surface area contributed by atoms with Crippen LogP contribution in [0, 0.1) is 0 Å². The lowest BCUT2D eigenvalue weighted by Gasteiger charge is -2.17. The predicted molar refractivity (Wildman–Crippen MR) is 82.2 cm³/mol. The monoisotopic (exact) mass is 281 g/mol. The molecule has 3 heteroatoms. The summed E-state index contributed by atoms with van der Waals surface area (Å²) in [5.74, 6) is 0.863. The first kappa shape index (κ1) is 13.7. The molecule has 21 heavy (non-hydrogen) atoms. The van der Waals surface area contributed by atoms with Crippen molar-refractivity contribution in [2.45, 2.75) is 18.8 Å². The first-order valence-electron chi connectivity index (χ1n) is 7.33. The number of hydrogen-bond donors (Lipinski definition) is 1. The van der Waals surface area contributed by atoms with Gasteiger partial charge in [-0.25, -0.2) is 0 Å². The van der Waals surface area contributed by atoms with Crippen molar-refractivity contribution in [1.29, 1.82) is 0 Å². The Morgan fingerprint density at radius 2 is 1.81 bits per heavy atom. The van der Waals surface area contributed by atoms with Crippen LogP contribution in [0.1, 0.15) is 23.5 Å². The highest BCUT2D eigenvalue weighted by molar-refractivity contribution is 5.79. The van der Waals surface area contributed by atoms with Crippen LogP contribution in [0.3, 0.4) is 0 Å². The van der Waals surface area contributed by atoms with Crippen molar-refractivity contribution in [1.82, 2.24) is 4.90 Å². The topological polar surface area (TPSA) is 40.5 Å². The Bertz CT molecular complexity index is 607. The average molecular weight is 281 g/mol. The molecule has 0 saturated carbocycles. The van der Waals surface area contributed by atoms with Crippen molar-refractivity contribution >= 4 is 5.91 Å². The van der Waals surface area contributed by atoms with Gasteiger partial charge in [-0.15, -0.1) is 0 Å². The second kappa shape index (κ2) is 6.00. The Labute approximate surface area is 124 Å². The fourth-order valence-electron chi connectivity index (χ4n) is 2.89. The molecule has 3 nitrogen and oxygen atoms in total. The van der Waals surface area contributed by atoms with Gasteiger partial charge in [0.1, 0.15) is 5.75 Å². The minimum absolute atomic E-state index is 0.197. The van der Waals surface area contributed by atoms with Crippen LogP contribution in [-0.2, 0) is 11.2 Å². The number of likely N-dealkylation sites (tertiary alicyclic amines) is 1. The lowest BCUT2D eigenvalue weighted by molar-refractivity contribution is -0.129. The molecule has 1 unspecified atom stereocenters. The van der Waals surface area contributed by atoms with Crippen molar-refractivity contribution in [3.05, 3.63) is 65.7 Å². The Hall–Kier alpha value is -2.29. The number of amides is 1. The minimum Gasteiger partial charge on any atom is -0.508 e. The van der Waals surface area contributed by atoms with Gasteiger partial charge in [0.15, 0.2) is 0 Å². The molecule has 108 valence electrons. The van der Waals surface area contributed by atoms with E-state index >= 15 is 0 Å². The molecule has 1 atom stereocenters. The van der Waals surface area contributed by atoms with Gasteiger partial charge in [-0.1, -0.05) is 42.5 Å². The van der Waals surface area contributed by atoms with E-state index in [-0.39, 0.29) is 11.7 Å². The summed E-state index contributed by atoms with van der Waals surface area (Å²) in [5, 5.41) is 9.34. The molecular formula is C18H19NO2. The lowest BCUT2D eigenvalue weighted by Crippen LogP contribution is -2.29. The largest absolute Gasteiger partial charge is 0.508 e. The third-order valence-corrected chi connectivity index (χ3v) is 4.10. The quantitative estimate of drug-likeness (QED) is 0.939. The van der Waals surface area contributed by atoms with Crippen LogP contribution in [0.5, 0.6) is 5.75 Å². The number of hydrogen-bond acceptors (Lipinski definition) is 2. The van der Waals surface area contributed by atoms with Crippen LogP contribution < -0.4 is 0 Å². The number of carbonyl (C=O) groups excluding carboxylic acids is 1. The smallest absolute Gasteiger partial charge is 0.227 e. The highest BCUT2D eigenvalue weighted by Gasteiger charge is 2.27. The fraction of sp³-hybridized carbons (Fsp3) is 0.278. The van der Waals surface area contributed by atoms with Crippen molar-refractivity contribution < 1.29 is 9.90 Å². The number of aromatic hydroxyl groups is 1. The summed E-state index contributed by atoms with van der Waals surface area (Å²) in [6.07, 6.45) is 1.47. The zero-order valence-electron chi connectivity index (χ0n) is 11.9. The molecule has 1 N–H and O–H groups in total. The molecule has 0 aromatic heterocycles. The summed E-state index contributed by atoms with van der Waals surface area (Å²) in [4.78, 5) is 14.3. The molecule has 0 bridgehead atoms. The molecule has 0 radical (unpaired) electrons. The van der Waals surface area contributed by atoms with Crippen LogP contribution in [0.25, 0.3) is 0 Å². The van der Waals surface area contributed by atoms with Crippen molar-refractivity contribution in [2.24, 2.45) is 0 Å². The number of benzene rings is 2. The predicted octanol–water partition coefficient (Wildman–Crippen LogP) is 2.95. The maximum atomic E-state index is 12.3. The SMILES string of the molecule is O=C(Cc1ccccc1)N1CCC(c2ccc(O)cc2)C1. The number of rotatable bonds is 3. The van der Waals surface area contributed by atoms with Crippen LogP contribution >= 0.6 is 0 Å². The first-order chi connectivity index (χ1) is 10.2. The van der Waals surface area contributed by atoms with E-state index in [1.165, 1.54) is 5.56 Å². The maximum absolute atomic E-state index is 12.3. The molecule has 1 heterocycles. The Morgan fingerprint density at radius 3 is 2.52 bits per heavy atom. The van der Waals surface area contributed by atoms with Crippen molar-refractivity contribution in [2.75, 3.05) is 13.1 Å². The van der Waals surface area contributed by atoms with Gasteiger partial charge in [0.2, 0.25) is 5.91 Å². The van der Waals surface area contributed by atoms with E-state index in [0.717, 1.165) is 25.1 Å². The van der Waals surface area contributed by atoms with E-state index in [1.807, 2.05) is 47.4 Å². The van der Waals surface area contributed by atoms with Gasteiger partial charge >= 0.3 is 0 Å². The molecule has 2 aromatic carbocycles. The zero-order chi connectivity index (χ0) is 14.7. The van der Waals surface area contributed by atoms with E-state index in [2.05, 4.69) is 0 Å². The summed E-state index contributed by atoms with van der Waals surface area (Å²) >= 11 is 0. The molecule has 1 fully saturated rings. The molecule has 1 aliphatic rings. The Balaban J connectivity index is 1.61. The third kappa shape index (κ3) is 3.24. The molecular weight excluding hydrogens is 262 g/mol. The van der Waals surface area contributed by atoms with E-state index in [1.54, 1.807) is 12.1 Å². The molecule has 3 rings (SSSR count). The van der Waals surface area contributed by atoms with Crippen LogP contribution in [-0.4, -0.2) is 29.0 Å². The standard InChI is InChI=1S/C18H19NO2/c20-17-8-6-15(7-9-17)16-10-11-19(13-16)18(21)12-14-4-2-1-3-5-14/h1-9,16,20H,10-13H2. The second-order valence-electron chi connectivity index (χ2n) is 5.58. The van der Waals surface area contributed by atoms with Crippen molar-refractivity contribution in [3.63, 3.8) is 0 Å². The van der Waals surface area contributed by atoms with E-state index in [0.29, 0.717) is 12.3 Å². The summed E-state index contributed by atoms with van der Waals surface area (Å²) < 4.78 is 0. The second-order valence-corrected chi connectivity index (χ2v) is 5.58. The molecule has 0 spiro atoms. The third-order valence-electron chi connectivity index (χ3n) is 4.10. The summed E-state index contributed by atoms with van der Waals surface area (Å²) in [7, 11) is 0. The lowest BCUT2D eigenvalue weighted by atomic mass is 9.98. The molecule has 1 amide bonds. The van der Waals surface area contributed by atoms with Gasteiger partial charge in [-0.3, -0.25) is 4.79 Å². The van der Waals surface area contributed by atoms with Crippen LogP contribution in [0.15, 0.2) is 54.6 Å². The summed E-state index contributed by atoms with van der Waals surface area (Å²) in [6, 6.07) is 17.2. The van der Waals surface area contributed by atoms with Gasteiger partial charge < -0.3 is 10.0 Å². The summed E-state index contributed by atoms with van der Waals surface area (Å²) in [5.41, 5.74) is 2.26. The Morgan fingerprint density at radius 1 is 1.10 bits per heavy atom. The number of nitrogens with zero attached hydrogens (tertiary/aromatic N) is 1. The first-order valence-corrected chi connectivity index (χ1v) is 7.33. The maximum Gasteiger partial charge on any atom is 0.227 e. The van der Waals surface area contributed by atoms with E-state index < -0.39 is 0 Å². The minimum atomic E-state index is 0.197. The van der Waals surface area contributed by atoms with Gasteiger partial charge in [-0.2, -0.15) is 0 Å². The molecule has 1 aliphatic heterocycles. The highest BCUT2D eigenvalue weighted by Crippen LogP contribution is 2.28.